The zero-order valence-electron chi connectivity index (χ0n) is 10.6. The van der Waals surface area contributed by atoms with E-state index in [1.165, 1.54) is 24.5 Å². The fraction of sp³-hybridized carbons (Fsp3) is 0.0667. The van der Waals surface area contributed by atoms with Gasteiger partial charge in [0.15, 0.2) is 0 Å². The zero-order chi connectivity index (χ0) is 15.5. The Balaban J connectivity index is 2.68. The Morgan fingerprint density at radius 2 is 1.81 bits per heavy atom. The van der Waals surface area contributed by atoms with Gasteiger partial charge in [0.25, 0.3) is 0 Å². The second kappa shape index (κ2) is 5.78. The Hall–Kier alpha value is -2.63. The third-order valence-electron chi connectivity index (χ3n) is 2.80. The van der Waals surface area contributed by atoms with Crippen LogP contribution in [0.2, 0.25) is 0 Å². The summed E-state index contributed by atoms with van der Waals surface area (Å²) in [7, 11) is 0. The number of carboxylic acid groups (broad SMARTS) is 1. The second-order valence-electron chi connectivity index (χ2n) is 4.17. The summed E-state index contributed by atoms with van der Waals surface area (Å²) in [6.45, 7) is 0. The van der Waals surface area contributed by atoms with Gasteiger partial charge in [-0.1, -0.05) is 12.1 Å². The molecule has 2 rings (SSSR count). The summed E-state index contributed by atoms with van der Waals surface area (Å²) in [6, 6.07) is 6.84. The number of nitrogens with zero attached hydrogens (tertiary/aromatic N) is 1. The first kappa shape index (κ1) is 14.8. The molecule has 0 fully saturated rings. The first-order chi connectivity index (χ1) is 9.89. The predicted molar refractivity (Wildman–Crippen MR) is 71.3 cm³/mol. The molecule has 1 heterocycles. The van der Waals surface area contributed by atoms with Gasteiger partial charge in [-0.05, 0) is 41.0 Å². The average molecular weight is 293 g/mol. The van der Waals surface area contributed by atoms with E-state index in [0.717, 1.165) is 12.1 Å². The second-order valence-corrected chi connectivity index (χ2v) is 4.17. The molecule has 0 bridgehead atoms. The number of aromatic nitrogens is 1. The number of hydrogen-bond acceptors (Lipinski definition) is 2. The molecule has 0 atom stereocenters. The van der Waals surface area contributed by atoms with Crippen molar-refractivity contribution in [3.63, 3.8) is 0 Å². The number of pyridine rings is 1. The highest BCUT2D eigenvalue weighted by Gasteiger charge is 2.33. The van der Waals surface area contributed by atoms with Crippen molar-refractivity contribution in [2.45, 2.75) is 6.18 Å². The van der Waals surface area contributed by atoms with Crippen molar-refractivity contribution in [1.29, 1.82) is 0 Å². The lowest BCUT2D eigenvalue weighted by Gasteiger charge is -2.14. The highest BCUT2D eigenvalue weighted by molar-refractivity contribution is 5.88. The van der Waals surface area contributed by atoms with Crippen molar-refractivity contribution in [3.8, 4) is 11.1 Å². The lowest BCUT2D eigenvalue weighted by Crippen LogP contribution is -2.08. The van der Waals surface area contributed by atoms with E-state index in [1.54, 1.807) is 12.1 Å². The van der Waals surface area contributed by atoms with Gasteiger partial charge in [-0.3, -0.25) is 4.98 Å². The molecule has 108 valence electrons. The molecule has 1 N–H and O–H groups in total. The molecule has 0 saturated carbocycles. The van der Waals surface area contributed by atoms with E-state index < -0.39 is 17.7 Å². The van der Waals surface area contributed by atoms with Gasteiger partial charge in [0.2, 0.25) is 0 Å². The minimum absolute atomic E-state index is 0.182. The normalized spacial score (nSPS) is 11.8. The van der Waals surface area contributed by atoms with Crippen molar-refractivity contribution in [1.82, 2.24) is 4.98 Å². The van der Waals surface area contributed by atoms with Gasteiger partial charge in [0.05, 0.1) is 5.56 Å². The van der Waals surface area contributed by atoms with Crippen molar-refractivity contribution >= 4 is 12.0 Å². The molecule has 0 unspecified atom stereocenters. The number of benzene rings is 1. The summed E-state index contributed by atoms with van der Waals surface area (Å²) in [5, 5.41) is 8.65. The van der Waals surface area contributed by atoms with Crippen molar-refractivity contribution < 1.29 is 23.1 Å². The van der Waals surface area contributed by atoms with Crippen molar-refractivity contribution in [3.05, 3.63) is 59.9 Å². The van der Waals surface area contributed by atoms with Gasteiger partial charge >= 0.3 is 12.1 Å². The minimum Gasteiger partial charge on any atom is -0.478 e. The monoisotopic (exact) mass is 293 g/mol. The van der Waals surface area contributed by atoms with Gasteiger partial charge < -0.3 is 5.11 Å². The Bertz CT molecular complexity index is 679. The van der Waals surface area contributed by atoms with Crippen LogP contribution in [0.3, 0.4) is 0 Å². The summed E-state index contributed by atoms with van der Waals surface area (Å²) in [5.41, 5.74) is -0.237. The molecule has 3 nitrogen and oxygen atoms in total. The van der Waals surface area contributed by atoms with Crippen LogP contribution in [0.4, 0.5) is 13.2 Å². The van der Waals surface area contributed by atoms with Crippen molar-refractivity contribution in [2.24, 2.45) is 0 Å². The van der Waals surface area contributed by atoms with E-state index in [0.29, 0.717) is 17.2 Å². The molecule has 0 aliphatic heterocycles. The number of rotatable bonds is 3. The third-order valence-corrected chi connectivity index (χ3v) is 2.80. The Kier molecular flexibility index (Phi) is 4.07. The predicted octanol–water partition coefficient (Wildman–Crippen LogP) is 3.87. The van der Waals surface area contributed by atoms with Gasteiger partial charge in [-0.2, -0.15) is 13.2 Å². The van der Waals surface area contributed by atoms with Crippen LogP contribution in [0, 0.1) is 0 Å². The molecule has 0 radical (unpaired) electrons. The van der Waals surface area contributed by atoms with Crippen LogP contribution in [-0.4, -0.2) is 16.1 Å². The molecule has 0 saturated heterocycles. The molecule has 0 aliphatic rings. The quantitative estimate of drug-likeness (QED) is 0.874. The number of aliphatic carboxylic acids is 1. The minimum atomic E-state index is -4.57. The van der Waals surface area contributed by atoms with Gasteiger partial charge in [0.1, 0.15) is 0 Å². The molecule has 0 spiro atoms. The van der Waals surface area contributed by atoms with E-state index in [2.05, 4.69) is 4.98 Å². The summed E-state index contributed by atoms with van der Waals surface area (Å²) in [6.07, 6.45) is -0.00201. The van der Waals surface area contributed by atoms with Gasteiger partial charge in [-0.25, -0.2) is 4.79 Å². The van der Waals surface area contributed by atoms with E-state index in [-0.39, 0.29) is 5.56 Å². The van der Waals surface area contributed by atoms with E-state index >= 15 is 0 Å². The van der Waals surface area contributed by atoms with Gasteiger partial charge in [0, 0.05) is 18.5 Å². The van der Waals surface area contributed by atoms with Crippen LogP contribution in [0.5, 0.6) is 0 Å². The number of alkyl halides is 3. The van der Waals surface area contributed by atoms with Crippen LogP contribution in [-0.2, 0) is 11.0 Å². The summed E-state index contributed by atoms with van der Waals surface area (Å²) in [5.74, 6) is -1.31. The maximum absolute atomic E-state index is 13.1. The SMILES string of the molecule is O=C(O)C=Cc1c(-c2ccncc2)cccc1C(F)(F)F. The van der Waals surface area contributed by atoms with E-state index in [4.69, 9.17) is 5.11 Å². The zero-order valence-corrected chi connectivity index (χ0v) is 10.6. The van der Waals surface area contributed by atoms with Crippen LogP contribution < -0.4 is 0 Å². The average Bonchev–Trinajstić information content (AvgIpc) is 2.44. The van der Waals surface area contributed by atoms with Crippen LogP contribution in [0.25, 0.3) is 17.2 Å². The maximum Gasteiger partial charge on any atom is 0.417 e. The number of carbonyl (C=O) groups is 1. The summed E-state index contributed by atoms with van der Waals surface area (Å²) >= 11 is 0. The number of carboxylic acids is 1. The maximum atomic E-state index is 13.1. The Morgan fingerprint density at radius 1 is 1.14 bits per heavy atom. The molecule has 2 aromatic rings. The van der Waals surface area contributed by atoms with E-state index in [9.17, 15) is 18.0 Å². The highest BCUT2D eigenvalue weighted by Crippen LogP contribution is 2.37. The summed E-state index contributed by atoms with van der Waals surface area (Å²) < 4.78 is 39.2. The van der Waals surface area contributed by atoms with Crippen LogP contribution >= 0.6 is 0 Å². The first-order valence-electron chi connectivity index (χ1n) is 5.91. The number of halogens is 3. The molecule has 1 aromatic carbocycles. The molecule has 1 aromatic heterocycles. The lowest BCUT2D eigenvalue weighted by atomic mass is 9.95. The van der Waals surface area contributed by atoms with Crippen molar-refractivity contribution in [2.75, 3.05) is 0 Å². The highest BCUT2D eigenvalue weighted by atomic mass is 19.4. The number of hydrogen-bond donors (Lipinski definition) is 1. The Morgan fingerprint density at radius 3 is 2.38 bits per heavy atom. The largest absolute Gasteiger partial charge is 0.478 e. The first-order valence-corrected chi connectivity index (χ1v) is 5.91. The van der Waals surface area contributed by atoms with Crippen LogP contribution in [0.15, 0.2) is 48.8 Å². The Labute approximate surface area is 118 Å². The fourth-order valence-electron chi connectivity index (χ4n) is 1.93. The molecule has 0 aliphatic carbocycles. The molecular weight excluding hydrogens is 283 g/mol. The molecule has 21 heavy (non-hydrogen) atoms. The van der Waals surface area contributed by atoms with Gasteiger partial charge in [-0.15, -0.1) is 0 Å². The summed E-state index contributed by atoms with van der Waals surface area (Å²) in [4.78, 5) is 14.4. The smallest absolute Gasteiger partial charge is 0.417 e. The molecule has 0 amide bonds. The molecule has 6 heteroatoms. The fourth-order valence-corrected chi connectivity index (χ4v) is 1.93. The molecular formula is C15H10F3NO2. The van der Waals surface area contributed by atoms with E-state index in [1.807, 2.05) is 0 Å². The third kappa shape index (κ3) is 3.47. The topological polar surface area (TPSA) is 50.2 Å². The van der Waals surface area contributed by atoms with Crippen LogP contribution in [0.1, 0.15) is 11.1 Å². The lowest BCUT2D eigenvalue weighted by molar-refractivity contribution is -0.137. The standard InChI is InChI=1S/C15H10F3NO2/c16-15(17,18)13-3-1-2-11(10-6-8-19-9-7-10)12(13)4-5-14(20)21/h1-9H,(H,20,21).